The topological polar surface area (TPSA) is 29.5 Å². The standard InChI is InChI=1S/C15H16O2/c16-15-8-6-14(7-9-15)12-17-11-10-13-4-2-1-3-5-13/h1-9,16H,10-12H2. The highest BCUT2D eigenvalue weighted by molar-refractivity contribution is 5.25. The summed E-state index contributed by atoms with van der Waals surface area (Å²) in [5.41, 5.74) is 2.37. The van der Waals surface area contributed by atoms with Gasteiger partial charge in [0.05, 0.1) is 13.2 Å². The number of aromatic hydroxyl groups is 1. The Morgan fingerprint density at radius 3 is 2.24 bits per heavy atom. The molecule has 2 aromatic rings. The molecule has 2 heteroatoms. The van der Waals surface area contributed by atoms with Crippen LogP contribution < -0.4 is 0 Å². The minimum Gasteiger partial charge on any atom is -0.508 e. The Labute approximate surface area is 101 Å². The van der Waals surface area contributed by atoms with E-state index in [1.807, 2.05) is 30.3 Å². The molecule has 17 heavy (non-hydrogen) atoms. The number of hydrogen-bond acceptors (Lipinski definition) is 2. The van der Waals surface area contributed by atoms with Gasteiger partial charge in [0, 0.05) is 0 Å². The van der Waals surface area contributed by atoms with Crippen LogP contribution in [0.1, 0.15) is 11.1 Å². The first-order valence-electron chi connectivity index (χ1n) is 5.74. The van der Waals surface area contributed by atoms with Crippen molar-refractivity contribution in [1.29, 1.82) is 0 Å². The average molecular weight is 228 g/mol. The second-order valence-electron chi connectivity index (χ2n) is 3.95. The van der Waals surface area contributed by atoms with Crippen molar-refractivity contribution in [2.45, 2.75) is 13.0 Å². The summed E-state index contributed by atoms with van der Waals surface area (Å²) in [5, 5.41) is 9.14. The van der Waals surface area contributed by atoms with Crippen LogP contribution in [0.25, 0.3) is 0 Å². The van der Waals surface area contributed by atoms with Crippen molar-refractivity contribution >= 4 is 0 Å². The highest BCUT2D eigenvalue weighted by atomic mass is 16.5. The zero-order chi connectivity index (χ0) is 11.9. The molecule has 0 bridgehead atoms. The molecule has 88 valence electrons. The average Bonchev–Trinajstić information content (AvgIpc) is 2.38. The SMILES string of the molecule is Oc1ccc(COCCc2ccccc2)cc1. The molecular formula is C15H16O2. The third-order valence-electron chi connectivity index (χ3n) is 2.58. The largest absolute Gasteiger partial charge is 0.508 e. The molecule has 0 aliphatic heterocycles. The Morgan fingerprint density at radius 1 is 0.824 bits per heavy atom. The molecule has 1 N–H and O–H groups in total. The van der Waals surface area contributed by atoms with Gasteiger partial charge in [-0.2, -0.15) is 0 Å². The molecule has 0 radical (unpaired) electrons. The first kappa shape index (κ1) is 11.7. The van der Waals surface area contributed by atoms with E-state index < -0.39 is 0 Å². The predicted molar refractivity (Wildman–Crippen MR) is 67.9 cm³/mol. The number of phenolic OH excluding ortho intramolecular Hbond substituents is 1. The highest BCUT2D eigenvalue weighted by Crippen LogP contribution is 2.10. The quantitative estimate of drug-likeness (QED) is 0.796. The van der Waals surface area contributed by atoms with E-state index in [9.17, 15) is 0 Å². The molecule has 2 aromatic carbocycles. The fourth-order valence-electron chi connectivity index (χ4n) is 1.62. The van der Waals surface area contributed by atoms with Crippen molar-refractivity contribution in [3.63, 3.8) is 0 Å². The molecule has 0 aliphatic rings. The summed E-state index contributed by atoms with van der Waals surface area (Å²) in [6, 6.07) is 17.4. The first-order valence-corrected chi connectivity index (χ1v) is 5.74. The van der Waals surface area contributed by atoms with E-state index in [0.29, 0.717) is 13.2 Å². The minimum atomic E-state index is 0.290. The van der Waals surface area contributed by atoms with Gasteiger partial charge in [-0.15, -0.1) is 0 Å². The third-order valence-corrected chi connectivity index (χ3v) is 2.58. The zero-order valence-corrected chi connectivity index (χ0v) is 9.67. The van der Waals surface area contributed by atoms with E-state index >= 15 is 0 Å². The summed E-state index contributed by atoms with van der Waals surface area (Å²) in [6.07, 6.45) is 0.929. The van der Waals surface area contributed by atoms with E-state index in [1.165, 1.54) is 5.56 Å². The van der Waals surface area contributed by atoms with Crippen molar-refractivity contribution in [3.05, 3.63) is 65.7 Å². The van der Waals surface area contributed by atoms with Gasteiger partial charge in [0.25, 0.3) is 0 Å². The molecule has 2 nitrogen and oxygen atoms in total. The number of phenols is 1. The fraction of sp³-hybridized carbons (Fsp3) is 0.200. The Hall–Kier alpha value is -1.80. The van der Waals surface area contributed by atoms with Crippen molar-refractivity contribution in [1.82, 2.24) is 0 Å². The molecule has 0 aliphatic carbocycles. The molecule has 0 fully saturated rings. The van der Waals surface area contributed by atoms with E-state index in [4.69, 9.17) is 9.84 Å². The van der Waals surface area contributed by atoms with Crippen LogP contribution in [0.15, 0.2) is 54.6 Å². The smallest absolute Gasteiger partial charge is 0.115 e. The van der Waals surface area contributed by atoms with E-state index in [0.717, 1.165) is 12.0 Å². The number of ether oxygens (including phenoxy) is 1. The van der Waals surface area contributed by atoms with Gasteiger partial charge in [0.15, 0.2) is 0 Å². The Bertz CT molecular complexity index is 434. The molecule has 0 amide bonds. The maximum absolute atomic E-state index is 9.14. The summed E-state index contributed by atoms with van der Waals surface area (Å²) >= 11 is 0. The predicted octanol–water partition coefficient (Wildman–Crippen LogP) is 3.15. The summed E-state index contributed by atoms with van der Waals surface area (Å²) in [7, 11) is 0. The Morgan fingerprint density at radius 2 is 1.53 bits per heavy atom. The van der Waals surface area contributed by atoms with Crippen molar-refractivity contribution in [2.75, 3.05) is 6.61 Å². The van der Waals surface area contributed by atoms with Crippen LogP contribution >= 0.6 is 0 Å². The maximum atomic E-state index is 9.14. The van der Waals surface area contributed by atoms with Gasteiger partial charge in [-0.05, 0) is 29.7 Å². The number of hydrogen-bond donors (Lipinski definition) is 1. The molecule has 0 saturated heterocycles. The lowest BCUT2D eigenvalue weighted by Crippen LogP contribution is -1.98. The lowest BCUT2D eigenvalue weighted by Gasteiger charge is -2.04. The fourth-order valence-corrected chi connectivity index (χ4v) is 1.62. The van der Waals surface area contributed by atoms with Gasteiger partial charge in [-0.25, -0.2) is 0 Å². The first-order chi connectivity index (χ1) is 8.34. The normalized spacial score (nSPS) is 10.4. The van der Waals surface area contributed by atoms with Gasteiger partial charge in [0.2, 0.25) is 0 Å². The van der Waals surface area contributed by atoms with Gasteiger partial charge in [-0.1, -0.05) is 42.5 Å². The summed E-state index contributed by atoms with van der Waals surface area (Å²) in [6.45, 7) is 1.30. The van der Waals surface area contributed by atoms with Gasteiger partial charge in [-0.3, -0.25) is 0 Å². The van der Waals surface area contributed by atoms with Gasteiger partial charge < -0.3 is 9.84 Å². The lowest BCUT2D eigenvalue weighted by molar-refractivity contribution is 0.124. The Balaban J connectivity index is 1.71. The number of benzene rings is 2. The molecule has 0 atom stereocenters. The van der Waals surface area contributed by atoms with Gasteiger partial charge >= 0.3 is 0 Å². The van der Waals surface area contributed by atoms with E-state index in [-0.39, 0.29) is 5.75 Å². The Kier molecular flexibility index (Phi) is 4.17. The second kappa shape index (κ2) is 6.06. The van der Waals surface area contributed by atoms with Crippen LogP contribution in [0.5, 0.6) is 5.75 Å². The van der Waals surface area contributed by atoms with Crippen LogP contribution in [-0.2, 0) is 17.8 Å². The van der Waals surface area contributed by atoms with Crippen LogP contribution in [0.4, 0.5) is 0 Å². The van der Waals surface area contributed by atoms with Crippen LogP contribution in [0, 0.1) is 0 Å². The monoisotopic (exact) mass is 228 g/mol. The van der Waals surface area contributed by atoms with E-state index in [1.54, 1.807) is 12.1 Å². The molecule has 2 rings (SSSR count). The van der Waals surface area contributed by atoms with Gasteiger partial charge in [0.1, 0.15) is 5.75 Å². The molecule has 0 aromatic heterocycles. The zero-order valence-electron chi connectivity index (χ0n) is 9.67. The van der Waals surface area contributed by atoms with Crippen molar-refractivity contribution in [3.8, 4) is 5.75 Å². The molecular weight excluding hydrogens is 212 g/mol. The van der Waals surface area contributed by atoms with E-state index in [2.05, 4.69) is 12.1 Å². The van der Waals surface area contributed by atoms with Crippen molar-refractivity contribution < 1.29 is 9.84 Å². The lowest BCUT2D eigenvalue weighted by atomic mass is 10.2. The van der Waals surface area contributed by atoms with Crippen molar-refractivity contribution in [2.24, 2.45) is 0 Å². The number of rotatable bonds is 5. The second-order valence-corrected chi connectivity index (χ2v) is 3.95. The highest BCUT2D eigenvalue weighted by Gasteiger charge is 1.95. The molecule has 0 saturated carbocycles. The summed E-state index contributed by atoms with van der Waals surface area (Å²) < 4.78 is 5.58. The molecule has 0 spiro atoms. The third kappa shape index (κ3) is 3.93. The van der Waals surface area contributed by atoms with Crippen LogP contribution in [0.3, 0.4) is 0 Å². The summed E-state index contributed by atoms with van der Waals surface area (Å²) in [4.78, 5) is 0. The maximum Gasteiger partial charge on any atom is 0.115 e. The van der Waals surface area contributed by atoms with Crippen LogP contribution in [0.2, 0.25) is 0 Å². The summed E-state index contributed by atoms with van der Waals surface area (Å²) in [5.74, 6) is 0.290. The minimum absolute atomic E-state index is 0.290. The molecule has 0 heterocycles. The van der Waals surface area contributed by atoms with Crippen LogP contribution in [-0.4, -0.2) is 11.7 Å². The molecule has 0 unspecified atom stereocenters.